The first-order valence-corrected chi connectivity index (χ1v) is 8.33. The van der Waals surface area contributed by atoms with Crippen LogP contribution in [0.5, 0.6) is 0 Å². The van der Waals surface area contributed by atoms with E-state index in [2.05, 4.69) is 14.9 Å². The second kappa shape index (κ2) is 7.13. The minimum absolute atomic E-state index is 0.0676. The highest BCUT2D eigenvalue weighted by molar-refractivity contribution is 5.74. The van der Waals surface area contributed by atoms with Crippen LogP contribution in [0.3, 0.4) is 0 Å². The average molecular weight is 306 g/mol. The molecule has 1 aliphatic carbocycles. The smallest absolute Gasteiger partial charge is 0.317 e. The summed E-state index contributed by atoms with van der Waals surface area (Å²) in [5.74, 6) is 0. The molecule has 6 nitrogen and oxygen atoms in total. The summed E-state index contributed by atoms with van der Waals surface area (Å²) in [5.41, 5.74) is 0. The van der Waals surface area contributed by atoms with E-state index in [0.29, 0.717) is 6.04 Å². The summed E-state index contributed by atoms with van der Waals surface area (Å²) in [5, 5.41) is 3.18. The van der Waals surface area contributed by atoms with Gasteiger partial charge in [0.1, 0.15) is 0 Å². The molecule has 2 aliphatic rings. The molecule has 2 atom stereocenters. The number of methoxy groups -OCH3 is 1. The van der Waals surface area contributed by atoms with Gasteiger partial charge in [-0.3, -0.25) is 0 Å². The van der Waals surface area contributed by atoms with E-state index in [9.17, 15) is 4.79 Å². The van der Waals surface area contributed by atoms with Gasteiger partial charge in [-0.05, 0) is 25.7 Å². The number of likely N-dealkylation sites (tertiary alicyclic amines) is 1. The largest absolute Gasteiger partial charge is 0.379 e. The Bertz CT molecular complexity index is 469. The Labute approximate surface area is 131 Å². The van der Waals surface area contributed by atoms with Crippen LogP contribution in [0.25, 0.3) is 0 Å². The van der Waals surface area contributed by atoms with Crippen LogP contribution in [0.2, 0.25) is 0 Å². The summed E-state index contributed by atoms with van der Waals surface area (Å²) < 4.78 is 7.66. The molecule has 2 fully saturated rings. The first-order valence-electron chi connectivity index (χ1n) is 8.33. The molecule has 1 N–H and O–H groups in total. The second-order valence-corrected chi connectivity index (χ2v) is 6.34. The van der Waals surface area contributed by atoms with Gasteiger partial charge >= 0.3 is 6.03 Å². The minimum atomic E-state index is 0.0676. The normalized spacial score (nSPS) is 26.9. The Balaban J connectivity index is 1.49. The Morgan fingerprint density at radius 2 is 2.00 bits per heavy atom. The Morgan fingerprint density at radius 1 is 1.23 bits per heavy atom. The van der Waals surface area contributed by atoms with Crippen molar-refractivity contribution in [3.63, 3.8) is 0 Å². The van der Waals surface area contributed by atoms with Crippen molar-refractivity contribution >= 4 is 6.03 Å². The number of ether oxygens (including phenoxy) is 1. The van der Waals surface area contributed by atoms with E-state index in [1.54, 1.807) is 7.11 Å². The standard InChI is InChI=1S/C16H26N4O2/c1-22-15-5-3-2-4-14(15)18-16(21)19-9-6-13(7-10-19)20-11-8-17-12-20/h8,11-15H,2-7,9-10H2,1H3,(H,18,21)/t14-,15+/m0/s1. The molecule has 1 aromatic rings. The average Bonchev–Trinajstić information content (AvgIpc) is 3.10. The number of carbonyl (C=O) groups is 1. The van der Waals surface area contributed by atoms with Crippen molar-refractivity contribution < 1.29 is 9.53 Å². The minimum Gasteiger partial charge on any atom is -0.379 e. The number of aromatic nitrogens is 2. The summed E-state index contributed by atoms with van der Waals surface area (Å²) >= 11 is 0. The molecule has 6 heteroatoms. The maximum Gasteiger partial charge on any atom is 0.317 e. The first-order chi connectivity index (χ1) is 10.8. The third-order valence-corrected chi connectivity index (χ3v) is 5.01. The van der Waals surface area contributed by atoms with Gasteiger partial charge in [-0.25, -0.2) is 9.78 Å². The molecule has 1 saturated heterocycles. The second-order valence-electron chi connectivity index (χ2n) is 6.34. The van der Waals surface area contributed by atoms with E-state index in [0.717, 1.165) is 38.8 Å². The molecule has 3 rings (SSSR count). The van der Waals surface area contributed by atoms with Crippen molar-refractivity contribution in [1.82, 2.24) is 19.8 Å². The molecule has 0 radical (unpaired) electrons. The van der Waals surface area contributed by atoms with E-state index in [1.165, 1.54) is 12.8 Å². The Morgan fingerprint density at radius 3 is 2.68 bits per heavy atom. The summed E-state index contributed by atoms with van der Waals surface area (Å²) in [6.07, 6.45) is 12.3. The molecular weight excluding hydrogens is 280 g/mol. The number of nitrogens with zero attached hydrogens (tertiary/aromatic N) is 3. The molecule has 0 bridgehead atoms. The van der Waals surface area contributed by atoms with Crippen LogP contribution in [-0.2, 0) is 4.74 Å². The van der Waals surface area contributed by atoms with Crippen molar-refractivity contribution in [2.24, 2.45) is 0 Å². The van der Waals surface area contributed by atoms with Crippen LogP contribution in [0.1, 0.15) is 44.6 Å². The van der Waals surface area contributed by atoms with Gasteiger partial charge in [0.25, 0.3) is 0 Å². The summed E-state index contributed by atoms with van der Waals surface area (Å²) in [7, 11) is 1.74. The molecule has 1 saturated carbocycles. The molecule has 0 unspecified atom stereocenters. The van der Waals surface area contributed by atoms with Crippen molar-refractivity contribution in [2.75, 3.05) is 20.2 Å². The Kier molecular flexibility index (Phi) is 4.97. The van der Waals surface area contributed by atoms with Crippen LogP contribution in [-0.4, -0.2) is 52.8 Å². The third kappa shape index (κ3) is 3.43. The summed E-state index contributed by atoms with van der Waals surface area (Å²) in [4.78, 5) is 18.5. The zero-order valence-corrected chi connectivity index (χ0v) is 13.3. The predicted octanol–water partition coefficient (Wildman–Crippen LogP) is 2.19. The fraction of sp³-hybridized carbons (Fsp3) is 0.750. The zero-order chi connectivity index (χ0) is 15.4. The molecular formula is C16H26N4O2. The molecule has 1 aliphatic heterocycles. The fourth-order valence-corrected chi connectivity index (χ4v) is 3.65. The zero-order valence-electron chi connectivity index (χ0n) is 13.3. The molecule has 0 spiro atoms. The lowest BCUT2D eigenvalue weighted by atomic mass is 9.92. The highest BCUT2D eigenvalue weighted by atomic mass is 16.5. The molecule has 1 aromatic heterocycles. The van der Waals surface area contributed by atoms with Gasteiger partial charge in [0.15, 0.2) is 0 Å². The van der Waals surface area contributed by atoms with Crippen molar-refractivity contribution in [1.29, 1.82) is 0 Å². The number of piperidine rings is 1. The summed E-state index contributed by atoms with van der Waals surface area (Å²) in [6, 6.07) is 0.698. The molecule has 2 amide bonds. The molecule has 22 heavy (non-hydrogen) atoms. The summed E-state index contributed by atoms with van der Waals surface area (Å²) in [6.45, 7) is 1.61. The molecule has 0 aromatic carbocycles. The van der Waals surface area contributed by atoms with Crippen LogP contribution in [0.4, 0.5) is 4.79 Å². The predicted molar refractivity (Wildman–Crippen MR) is 83.7 cm³/mol. The van der Waals surface area contributed by atoms with Gasteiger partial charge in [0, 0.05) is 38.6 Å². The first kappa shape index (κ1) is 15.3. The van der Waals surface area contributed by atoms with Gasteiger partial charge in [0.05, 0.1) is 18.5 Å². The van der Waals surface area contributed by atoms with E-state index in [4.69, 9.17) is 4.74 Å². The third-order valence-electron chi connectivity index (χ3n) is 5.01. The lowest BCUT2D eigenvalue weighted by molar-refractivity contribution is 0.0424. The fourth-order valence-electron chi connectivity index (χ4n) is 3.65. The van der Waals surface area contributed by atoms with Gasteiger partial charge < -0.3 is 19.5 Å². The van der Waals surface area contributed by atoms with E-state index in [1.807, 2.05) is 23.6 Å². The lowest BCUT2D eigenvalue weighted by Gasteiger charge is -2.36. The lowest BCUT2D eigenvalue weighted by Crippen LogP contribution is -2.52. The van der Waals surface area contributed by atoms with E-state index >= 15 is 0 Å². The molecule has 122 valence electrons. The highest BCUT2D eigenvalue weighted by Crippen LogP contribution is 2.24. The Hall–Kier alpha value is -1.56. The SMILES string of the molecule is CO[C@@H]1CCCC[C@@H]1NC(=O)N1CCC(n2ccnc2)CC1. The van der Waals surface area contributed by atoms with Crippen molar-refractivity contribution in [2.45, 2.75) is 56.7 Å². The number of hydrogen-bond donors (Lipinski definition) is 1. The quantitative estimate of drug-likeness (QED) is 0.931. The van der Waals surface area contributed by atoms with Crippen molar-refractivity contribution in [3.8, 4) is 0 Å². The highest BCUT2D eigenvalue weighted by Gasteiger charge is 2.29. The van der Waals surface area contributed by atoms with Gasteiger partial charge in [-0.15, -0.1) is 0 Å². The number of urea groups is 1. The van der Waals surface area contributed by atoms with Crippen LogP contribution < -0.4 is 5.32 Å². The number of nitrogens with one attached hydrogen (secondary N) is 1. The van der Waals surface area contributed by atoms with E-state index < -0.39 is 0 Å². The van der Waals surface area contributed by atoms with Crippen LogP contribution in [0.15, 0.2) is 18.7 Å². The number of amides is 2. The maximum atomic E-state index is 12.5. The monoisotopic (exact) mass is 306 g/mol. The number of carbonyl (C=O) groups excluding carboxylic acids is 1. The number of hydrogen-bond acceptors (Lipinski definition) is 3. The van der Waals surface area contributed by atoms with E-state index in [-0.39, 0.29) is 18.2 Å². The topological polar surface area (TPSA) is 59.4 Å². The van der Waals surface area contributed by atoms with Crippen LogP contribution >= 0.6 is 0 Å². The van der Waals surface area contributed by atoms with Crippen LogP contribution in [0, 0.1) is 0 Å². The maximum absolute atomic E-state index is 12.5. The van der Waals surface area contributed by atoms with Gasteiger partial charge in [-0.1, -0.05) is 12.8 Å². The van der Waals surface area contributed by atoms with Gasteiger partial charge in [-0.2, -0.15) is 0 Å². The van der Waals surface area contributed by atoms with Gasteiger partial charge in [0.2, 0.25) is 0 Å². The molecule has 2 heterocycles. The van der Waals surface area contributed by atoms with Crippen molar-refractivity contribution in [3.05, 3.63) is 18.7 Å². The number of rotatable bonds is 3. The number of imidazole rings is 1.